The molecule has 2 atom stereocenters. The zero-order chi connectivity index (χ0) is 51.7. The Balaban J connectivity index is 0.000000161. The third kappa shape index (κ3) is 10.3. The minimum absolute atomic E-state index is 0.0829. The zero-order valence-corrected chi connectivity index (χ0v) is 45.0. The van der Waals surface area contributed by atoms with Crippen LogP contribution in [0.15, 0.2) is 85.8 Å². The van der Waals surface area contributed by atoms with Gasteiger partial charge in [-0.05, 0) is 125 Å². The van der Waals surface area contributed by atoms with E-state index in [1.54, 1.807) is 49.0 Å². The zero-order valence-electron chi connectivity index (χ0n) is 43.3. The minimum atomic E-state index is 0.0829. The number of methoxy groups -OCH3 is 2. The van der Waals surface area contributed by atoms with Gasteiger partial charge in [0.05, 0.1) is 46.5 Å². The van der Waals surface area contributed by atoms with Crippen LogP contribution in [0.5, 0.6) is 11.5 Å². The summed E-state index contributed by atoms with van der Waals surface area (Å²) in [5.41, 5.74) is 18.8. The van der Waals surface area contributed by atoms with Crippen LogP contribution >= 0.6 is 22.7 Å². The van der Waals surface area contributed by atoms with Crippen LogP contribution in [0.3, 0.4) is 0 Å². The Kier molecular flexibility index (Phi) is 14.6. The average Bonchev–Trinajstić information content (AvgIpc) is 4.28. The number of likely N-dealkylation sites (tertiary alicyclic amines) is 4. The molecule has 8 aromatic rings. The van der Waals surface area contributed by atoms with Crippen LogP contribution in [0.2, 0.25) is 0 Å². The van der Waals surface area contributed by atoms with Crippen LogP contribution in [0.1, 0.15) is 68.2 Å². The van der Waals surface area contributed by atoms with Crippen LogP contribution in [-0.4, -0.2) is 140 Å². The summed E-state index contributed by atoms with van der Waals surface area (Å²) in [7, 11) is 3.42. The number of rotatable bonds is 12. The molecule has 0 saturated carbocycles. The van der Waals surface area contributed by atoms with E-state index in [0.717, 1.165) is 151 Å². The molecule has 4 fully saturated rings. The van der Waals surface area contributed by atoms with E-state index in [-0.39, 0.29) is 23.9 Å². The van der Waals surface area contributed by atoms with Crippen LogP contribution in [0, 0.1) is 13.8 Å². The molecule has 16 nitrogen and oxygen atoms in total. The third-order valence-electron chi connectivity index (χ3n) is 15.3. The van der Waals surface area contributed by atoms with Gasteiger partial charge in [0.15, 0.2) is 0 Å². The molecule has 12 rings (SSSR count). The molecule has 10 heterocycles. The van der Waals surface area contributed by atoms with Gasteiger partial charge in [0.2, 0.25) is 11.8 Å². The minimum Gasteiger partial charge on any atom is -0.495 e. The smallest absolute Gasteiger partial charge is 0.246 e. The summed E-state index contributed by atoms with van der Waals surface area (Å²) >= 11 is 3.38. The highest BCUT2D eigenvalue weighted by atomic mass is 32.1. The molecule has 0 aliphatic carbocycles. The van der Waals surface area contributed by atoms with Gasteiger partial charge in [-0.25, -0.2) is 19.9 Å². The van der Waals surface area contributed by atoms with Crippen molar-refractivity contribution < 1.29 is 19.1 Å². The van der Waals surface area contributed by atoms with Crippen molar-refractivity contribution in [3.63, 3.8) is 0 Å². The van der Waals surface area contributed by atoms with Gasteiger partial charge in [-0.2, -0.15) is 0 Å². The molecule has 2 aromatic carbocycles. The van der Waals surface area contributed by atoms with Gasteiger partial charge in [-0.1, -0.05) is 30.7 Å². The molecular formula is C57H66N12O4S2. The summed E-state index contributed by atoms with van der Waals surface area (Å²) in [5, 5.41) is 4.01. The molecule has 75 heavy (non-hydrogen) atoms. The standard InChI is InChI=1S/C29H34N6O2S.C28H32N6O2S/c1-19-13-20-15-24(38-27(20)23(14-19)37-2)22-17-35(29-26(22)28(30)31-18-32-29)21-8-12-34(16-21)25(36)7-6-11-33-9-4-3-5-10-33;1-18-12-19-14-23(37-26(19)22(13-18)36-2)21-16-34(28-25(21)27(29)30-17-31-28)20-7-11-33(15-20)24(35)6-5-10-32-8-3-4-9-32/h6-7,13-15,17-18,21H,3-5,8-12,16H2,1-2H3,(H2,30,31,32);5-6,12-14,16-17,20H,3-4,7-11,15H2,1-2H3,(H2,29,30,31)/b7-6+;6-5+. The van der Waals surface area contributed by atoms with Crippen LogP contribution < -0.4 is 20.9 Å². The Labute approximate surface area is 445 Å². The second-order valence-corrected chi connectivity index (χ2v) is 22.5. The summed E-state index contributed by atoms with van der Waals surface area (Å²) in [4.78, 5) is 54.6. The van der Waals surface area contributed by atoms with Crippen LogP contribution in [-0.2, 0) is 9.59 Å². The highest BCUT2D eigenvalue weighted by molar-refractivity contribution is 7.23. The topological polar surface area (TPSA) is 179 Å². The van der Waals surface area contributed by atoms with E-state index in [9.17, 15) is 9.59 Å². The molecule has 18 heteroatoms. The molecule has 0 radical (unpaired) electrons. The maximum atomic E-state index is 13.0. The molecule has 4 aliphatic rings. The number of piperidine rings is 1. The number of hydrogen-bond donors (Lipinski definition) is 2. The summed E-state index contributed by atoms with van der Waals surface area (Å²) < 4.78 is 17.9. The molecule has 2 amide bonds. The number of hydrogen-bond acceptors (Lipinski definition) is 14. The van der Waals surface area contributed by atoms with Crippen molar-refractivity contribution >= 4 is 88.4 Å². The van der Waals surface area contributed by atoms with E-state index in [1.165, 1.54) is 44.8 Å². The number of carbonyl (C=O) groups excluding carboxylic acids is 2. The lowest BCUT2D eigenvalue weighted by molar-refractivity contribution is -0.125. The SMILES string of the molecule is COc1cc(C)cc2cc(-c3cn(C4CCN(C(=O)/C=C/CN5CCCC5)C4)c4ncnc(N)c34)sc12.COc1cc(C)cc2cc(-c3cn(C4CCN(C(=O)/C=C/CN5CCCCC5)C4)c4ncnc(N)c34)sc12. The number of benzene rings is 2. The molecule has 4 aliphatic heterocycles. The van der Waals surface area contributed by atoms with Gasteiger partial charge >= 0.3 is 0 Å². The Morgan fingerprint density at radius 1 is 0.600 bits per heavy atom. The first kappa shape index (κ1) is 50.3. The lowest BCUT2D eigenvalue weighted by Gasteiger charge is -2.24. The van der Waals surface area contributed by atoms with Crippen molar-refractivity contribution in [3.8, 4) is 32.4 Å². The second-order valence-electron chi connectivity index (χ2n) is 20.4. The van der Waals surface area contributed by atoms with Crippen molar-refractivity contribution in [1.29, 1.82) is 0 Å². The average molecular weight is 1050 g/mol. The van der Waals surface area contributed by atoms with Crippen LogP contribution in [0.4, 0.5) is 11.6 Å². The molecule has 0 bridgehead atoms. The number of fused-ring (bicyclic) bond motifs is 4. The Morgan fingerprint density at radius 2 is 1.03 bits per heavy atom. The van der Waals surface area contributed by atoms with Crippen molar-refractivity contribution in [2.24, 2.45) is 0 Å². The largest absolute Gasteiger partial charge is 0.495 e. The fourth-order valence-corrected chi connectivity index (χ4v) is 13.8. The fourth-order valence-electron chi connectivity index (χ4n) is 11.5. The van der Waals surface area contributed by atoms with Gasteiger partial charge in [0.1, 0.15) is 47.1 Å². The summed E-state index contributed by atoms with van der Waals surface area (Å²) in [6.45, 7) is 13.1. The summed E-state index contributed by atoms with van der Waals surface area (Å²) in [6, 6.07) is 13.1. The Hall–Kier alpha value is -6.86. The van der Waals surface area contributed by atoms with Crippen LogP contribution in [0.25, 0.3) is 63.1 Å². The van der Waals surface area contributed by atoms with Crippen molar-refractivity contribution in [2.75, 3.05) is 91.1 Å². The molecule has 4 N–H and O–H groups in total. The Bertz CT molecular complexity index is 3470. The van der Waals surface area contributed by atoms with Crippen molar-refractivity contribution in [1.82, 2.24) is 48.7 Å². The van der Waals surface area contributed by atoms with Gasteiger partial charge in [0, 0.05) is 84.7 Å². The van der Waals surface area contributed by atoms with E-state index >= 15 is 0 Å². The molecular weight excluding hydrogens is 981 g/mol. The summed E-state index contributed by atoms with van der Waals surface area (Å²) in [6.07, 6.45) is 22.9. The maximum absolute atomic E-state index is 13.0. The van der Waals surface area contributed by atoms with Crippen molar-refractivity contribution in [3.05, 3.63) is 96.9 Å². The highest BCUT2D eigenvalue weighted by Gasteiger charge is 2.31. The first-order valence-corrected chi connectivity index (χ1v) is 27.9. The molecule has 2 unspecified atom stereocenters. The van der Waals surface area contributed by atoms with Gasteiger partial charge in [-0.3, -0.25) is 19.4 Å². The fraction of sp³-hybridized carbons (Fsp3) is 0.404. The monoisotopic (exact) mass is 1050 g/mol. The number of amides is 2. The number of nitrogens with two attached hydrogens (primary N) is 2. The van der Waals surface area contributed by atoms with E-state index in [1.807, 2.05) is 22.0 Å². The Morgan fingerprint density at radius 3 is 1.45 bits per heavy atom. The highest BCUT2D eigenvalue weighted by Crippen LogP contribution is 2.46. The van der Waals surface area contributed by atoms with Crippen molar-refractivity contribution in [2.45, 2.75) is 70.9 Å². The lowest BCUT2D eigenvalue weighted by atomic mass is 10.1. The maximum Gasteiger partial charge on any atom is 0.246 e. The van der Waals surface area contributed by atoms with Gasteiger partial charge in [0.25, 0.3) is 0 Å². The molecule has 390 valence electrons. The van der Waals surface area contributed by atoms with E-state index < -0.39 is 0 Å². The molecule has 4 saturated heterocycles. The number of ether oxygens (including phenoxy) is 2. The van der Waals surface area contributed by atoms with E-state index in [0.29, 0.717) is 24.7 Å². The first-order chi connectivity index (χ1) is 36.5. The second kappa shape index (κ2) is 21.8. The number of aryl methyl sites for hydroxylation is 2. The number of anilines is 2. The quantitative estimate of drug-likeness (QED) is 0.111. The number of aromatic nitrogens is 6. The van der Waals surface area contributed by atoms with Gasteiger partial charge < -0.3 is 39.9 Å². The number of nitrogens with zero attached hydrogens (tertiary/aromatic N) is 10. The summed E-state index contributed by atoms with van der Waals surface area (Å²) in [5.74, 6) is 2.86. The van der Waals surface area contributed by atoms with E-state index in [4.69, 9.17) is 20.9 Å². The molecule has 6 aromatic heterocycles. The number of nitrogen functional groups attached to an aromatic ring is 2. The lowest BCUT2D eigenvalue weighted by Crippen LogP contribution is -2.30. The number of thiophene rings is 2. The number of carbonyl (C=O) groups is 2. The van der Waals surface area contributed by atoms with E-state index in [2.05, 4.69) is 102 Å². The third-order valence-corrected chi connectivity index (χ3v) is 17.7. The van der Waals surface area contributed by atoms with Gasteiger partial charge in [-0.15, -0.1) is 22.7 Å². The predicted molar refractivity (Wildman–Crippen MR) is 303 cm³/mol. The predicted octanol–water partition coefficient (Wildman–Crippen LogP) is 9.67. The normalized spacial score (nSPS) is 18.7. The molecule has 0 spiro atoms. The first-order valence-electron chi connectivity index (χ1n) is 26.3.